The molecule has 2 heterocycles. The van der Waals surface area contributed by atoms with E-state index in [2.05, 4.69) is 5.32 Å². The van der Waals surface area contributed by atoms with Crippen LogP contribution in [0.1, 0.15) is 11.6 Å². The van der Waals surface area contributed by atoms with Crippen LogP contribution in [0.25, 0.3) is 0 Å². The quantitative estimate of drug-likeness (QED) is 0.807. The highest BCUT2D eigenvalue weighted by atomic mass is 35.5. The van der Waals surface area contributed by atoms with Crippen LogP contribution in [-0.4, -0.2) is 54.7 Å². The fraction of sp³-hybridized carbons (Fsp3) is 0.438. The smallest absolute Gasteiger partial charge is 0.240 e. The van der Waals surface area contributed by atoms with Crippen molar-refractivity contribution in [3.63, 3.8) is 0 Å². The fourth-order valence-corrected chi connectivity index (χ4v) is 3.57. The number of hydrogen-bond acceptors (Lipinski definition) is 4. The molecule has 2 fully saturated rings. The molecular formula is C16H18ClN3O3. The molecule has 7 heteroatoms. The summed E-state index contributed by atoms with van der Waals surface area (Å²) in [6, 6.07) is 6.02. The number of hydrogen-bond donors (Lipinski definition) is 1. The van der Waals surface area contributed by atoms with Gasteiger partial charge in [-0.2, -0.15) is 0 Å². The Morgan fingerprint density at radius 3 is 2.26 bits per heavy atom. The van der Waals surface area contributed by atoms with E-state index in [0.717, 1.165) is 10.5 Å². The Morgan fingerprint density at radius 2 is 1.70 bits per heavy atom. The number of fused-ring (bicyclic) bond motifs is 1. The molecule has 1 aromatic rings. The van der Waals surface area contributed by atoms with E-state index in [0.29, 0.717) is 5.02 Å². The summed E-state index contributed by atoms with van der Waals surface area (Å²) < 4.78 is 0. The maximum absolute atomic E-state index is 12.5. The van der Waals surface area contributed by atoms with Crippen LogP contribution in [0.15, 0.2) is 24.3 Å². The second-order valence-electron chi connectivity index (χ2n) is 6.19. The number of carbonyl (C=O) groups excluding carboxylic acids is 3. The maximum Gasteiger partial charge on any atom is 0.240 e. The highest BCUT2D eigenvalue weighted by Gasteiger charge is 2.60. The second kappa shape index (κ2) is 5.62. The minimum atomic E-state index is -0.697. The maximum atomic E-state index is 12.5. The number of likely N-dealkylation sites (N-methyl/N-ethyl adjacent to an activating group) is 1. The molecule has 0 aliphatic carbocycles. The van der Waals surface area contributed by atoms with E-state index in [1.807, 2.05) is 12.1 Å². The van der Waals surface area contributed by atoms with Crippen LogP contribution < -0.4 is 5.32 Å². The first kappa shape index (κ1) is 16.0. The number of nitrogens with zero attached hydrogens (tertiary/aromatic N) is 2. The van der Waals surface area contributed by atoms with Gasteiger partial charge in [0.2, 0.25) is 17.7 Å². The van der Waals surface area contributed by atoms with Crippen molar-refractivity contribution < 1.29 is 14.4 Å². The largest absolute Gasteiger partial charge is 0.347 e. The average Bonchev–Trinajstić information content (AvgIpc) is 3.01. The Hall–Kier alpha value is -1.92. The zero-order chi connectivity index (χ0) is 16.9. The van der Waals surface area contributed by atoms with Gasteiger partial charge < -0.3 is 4.90 Å². The molecule has 0 saturated carbocycles. The van der Waals surface area contributed by atoms with Crippen LogP contribution >= 0.6 is 11.6 Å². The van der Waals surface area contributed by atoms with Crippen molar-refractivity contribution in [1.82, 2.24) is 15.1 Å². The molecule has 1 aromatic carbocycles. The second-order valence-corrected chi connectivity index (χ2v) is 6.63. The molecule has 122 valence electrons. The van der Waals surface area contributed by atoms with Crippen LogP contribution in [0.5, 0.6) is 0 Å². The third-order valence-corrected chi connectivity index (χ3v) is 4.88. The normalized spacial score (nSPS) is 29.8. The molecule has 0 unspecified atom stereocenters. The molecule has 0 spiro atoms. The average molecular weight is 336 g/mol. The summed E-state index contributed by atoms with van der Waals surface area (Å²) in [5.41, 5.74) is 0.843. The van der Waals surface area contributed by atoms with Crippen molar-refractivity contribution in [2.45, 2.75) is 12.1 Å². The van der Waals surface area contributed by atoms with Crippen molar-refractivity contribution in [2.75, 3.05) is 21.1 Å². The minimum Gasteiger partial charge on any atom is -0.347 e. The number of benzene rings is 1. The predicted octanol–water partition coefficient (Wildman–Crippen LogP) is 0.672. The van der Waals surface area contributed by atoms with E-state index in [1.165, 1.54) is 11.9 Å². The van der Waals surface area contributed by atoms with E-state index in [-0.39, 0.29) is 23.8 Å². The van der Waals surface area contributed by atoms with Gasteiger partial charge in [0, 0.05) is 32.2 Å². The number of likely N-dealkylation sites (tertiary alicyclic amines) is 1. The van der Waals surface area contributed by atoms with Gasteiger partial charge in [0.05, 0.1) is 17.9 Å². The lowest BCUT2D eigenvalue weighted by Crippen LogP contribution is -2.46. The van der Waals surface area contributed by atoms with Gasteiger partial charge in [0.1, 0.15) is 0 Å². The number of carbonyl (C=O) groups is 3. The van der Waals surface area contributed by atoms with Gasteiger partial charge in [-0.05, 0) is 17.7 Å². The summed E-state index contributed by atoms with van der Waals surface area (Å²) in [5, 5.41) is 3.78. The molecule has 6 nitrogen and oxygen atoms in total. The Kier molecular flexibility index (Phi) is 3.90. The van der Waals surface area contributed by atoms with E-state index >= 15 is 0 Å². The summed E-state index contributed by atoms with van der Waals surface area (Å²) >= 11 is 5.91. The topological polar surface area (TPSA) is 69.7 Å². The Morgan fingerprint density at radius 1 is 1.13 bits per heavy atom. The molecule has 2 aliphatic heterocycles. The molecule has 3 amide bonds. The number of amides is 3. The zero-order valence-electron chi connectivity index (χ0n) is 13.1. The molecular weight excluding hydrogens is 318 g/mol. The molecule has 23 heavy (non-hydrogen) atoms. The molecule has 2 saturated heterocycles. The Balaban J connectivity index is 2.02. The number of halogens is 1. The van der Waals surface area contributed by atoms with Crippen LogP contribution in [0.3, 0.4) is 0 Å². The first-order valence-corrected chi connectivity index (χ1v) is 7.75. The summed E-state index contributed by atoms with van der Waals surface area (Å²) in [6.07, 6.45) is 0. The standard InChI is InChI=1S/C16H18ClN3O3/c1-19(2)16(23)13-11-10(14(21)20(3)15(11)22)12(18-13)8-4-6-9(17)7-5-8/h4-7,10-13,18H,1-3H3/t10-,11+,12+,13+/m0/s1. The molecule has 2 aliphatic rings. The van der Waals surface area contributed by atoms with Gasteiger partial charge in [0.25, 0.3) is 0 Å². The van der Waals surface area contributed by atoms with Crippen molar-refractivity contribution in [2.24, 2.45) is 11.8 Å². The molecule has 1 N–H and O–H groups in total. The molecule has 0 bridgehead atoms. The lowest BCUT2D eigenvalue weighted by atomic mass is 9.86. The van der Waals surface area contributed by atoms with Gasteiger partial charge in [-0.25, -0.2) is 0 Å². The first-order chi connectivity index (χ1) is 10.8. The van der Waals surface area contributed by atoms with Crippen LogP contribution in [0, 0.1) is 11.8 Å². The third kappa shape index (κ3) is 2.42. The van der Waals surface area contributed by atoms with Gasteiger partial charge in [-0.15, -0.1) is 0 Å². The highest BCUT2D eigenvalue weighted by molar-refractivity contribution is 6.30. The van der Waals surface area contributed by atoms with E-state index in [9.17, 15) is 14.4 Å². The molecule has 3 rings (SSSR count). The van der Waals surface area contributed by atoms with E-state index < -0.39 is 17.9 Å². The minimum absolute atomic E-state index is 0.201. The molecule has 0 aromatic heterocycles. The lowest BCUT2D eigenvalue weighted by Gasteiger charge is -2.22. The van der Waals surface area contributed by atoms with Crippen molar-refractivity contribution in [1.29, 1.82) is 0 Å². The Labute approximate surface area is 139 Å². The van der Waals surface area contributed by atoms with Crippen molar-refractivity contribution in [3.8, 4) is 0 Å². The summed E-state index contributed by atoms with van der Waals surface area (Å²) in [7, 11) is 4.75. The van der Waals surface area contributed by atoms with Crippen molar-refractivity contribution in [3.05, 3.63) is 34.9 Å². The number of imide groups is 1. The number of rotatable bonds is 2. The Bertz CT molecular complexity index is 674. The molecule has 4 atom stereocenters. The van der Waals surface area contributed by atoms with Crippen LogP contribution in [0.4, 0.5) is 0 Å². The zero-order valence-corrected chi connectivity index (χ0v) is 13.9. The van der Waals surface area contributed by atoms with Gasteiger partial charge in [0.15, 0.2) is 0 Å². The first-order valence-electron chi connectivity index (χ1n) is 7.37. The third-order valence-electron chi connectivity index (χ3n) is 4.63. The van der Waals surface area contributed by atoms with Crippen LogP contribution in [0.2, 0.25) is 5.02 Å². The van der Waals surface area contributed by atoms with Gasteiger partial charge in [-0.3, -0.25) is 24.6 Å². The summed E-state index contributed by atoms with van der Waals surface area (Å²) in [5.74, 6) is -1.98. The lowest BCUT2D eigenvalue weighted by molar-refractivity contribution is -0.141. The van der Waals surface area contributed by atoms with Gasteiger partial charge >= 0.3 is 0 Å². The van der Waals surface area contributed by atoms with Crippen LogP contribution in [-0.2, 0) is 14.4 Å². The highest BCUT2D eigenvalue weighted by Crippen LogP contribution is 2.43. The van der Waals surface area contributed by atoms with Gasteiger partial charge in [-0.1, -0.05) is 23.7 Å². The predicted molar refractivity (Wildman–Crippen MR) is 84.6 cm³/mol. The SMILES string of the molecule is CN(C)C(=O)[C@@H]1N[C@H](c2ccc(Cl)cc2)[C@H]2C(=O)N(C)C(=O)[C@H]21. The van der Waals surface area contributed by atoms with E-state index in [1.54, 1.807) is 26.2 Å². The fourth-order valence-electron chi connectivity index (χ4n) is 3.44. The van der Waals surface area contributed by atoms with E-state index in [4.69, 9.17) is 11.6 Å². The van der Waals surface area contributed by atoms with Crippen molar-refractivity contribution >= 4 is 29.3 Å². The number of nitrogens with one attached hydrogen (secondary N) is 1. The molecule has 0 radical (unpaired) electrons. The monoisotopic (exact) mass is 335 g/mol. The summed E-state index contributed by atoms with van der Waals surface area (Å²) in [4.78, 5) is 40.0. The summed E-state index contributed by atoms with van der Waals surface area (Å²) in [6.45, 7) is 0.